The highest BCUT2D eigenvalue weighted by Crippen LogP contribution is 2.31. The number of nitrogens with one attached hydrogen (secondary N) is 2. The van der Waals surface area contributed by atoms with Crippen LogP contribution in [0.3, 0.4) is 0 Å². The van der Waals surface area contributed by atoms with Gasteiger partial charge in [0.2, 0.25) is 11.8 Å². The Hall–Kier alpha value is -3.28. The summed E-state index contributed by atoms with van der Waals surface area (Å²) in [5.41, 5.74) is 5.48. The molecule has 0 fully saturated rings. The van der Waals surface area contributed by atoms with Crippen LogP contribution in [0.4, 0.5) is 11.4 Å². The largest absolute Gasteiger partial charge is 0.495 e. The lowest BCUT2D eigenvalue weighted by Gasteiger charge is -2.12. The Labute approximate surface area is 162 Å². The van der Waals surface area contributed by atoms with Crippen molar-refractivity contribution in [3.8, 4) is 5.75 Å². The number of amides is 2. The van der Waals surface area contributed by atoms with Gasteiger partial charge in [-0.15, -0.1) is 0 Å². The summed E-state index contributed by atoms with van der Waals surface area (Å²) in [4.78, 5) is 23.9. The fraction of sp³-hybridized carbons (Fsp3) is 0.273. The van der Waals surface area contributed by atoms with Crippen molar-refractivity contribution in [1.29, 1.82) is 0 Å². The smallest absolute Gasteiger partial charge is 0.229 e. The number of ether oxygens (including phenoxy) is 1. The Morgan fingerprint density at radius 3 is 2.64 bits per heavy atom. The molecule has 0 saturated carbocycles. The van der Waals surface area contributed by atoms with E-state index in [1.165, 1.54) is 31.6 Å². The van der Waals surface area contributed by atoms with Crippen molar-refractivity contribution in [3.63, 3.8) is 0 Å². The van der Waals surface area contributed by atoms with Crippen LogP contribution in [0.1, 0.15) is 30.0 Å². The number of anilines is 2. The van der Waals surface area contributed by atoms with Gasteiger partial charge in [0.15, 0.2) is 0 Å². The Morgan fingerprint density at radius 1 is 1.11 bits per heavy atom. The molecule has 0 saturated heterocycles. The molecule has 1 heterocycles. The van der Waals surface area contributed by atoms with Crippen LogP contribution in [-0.4, -0.2) is 18.9 Å². The molecular formula is C22H22N2O4. The molecule has 2 N–H and O–H groups in total. The van der Waals surface area contributed by atoms with Crippen LogP contribution in [0.2, 0.25) is 0 Å². The number of rotatable bonds is 5. The molecule has 1 aliphatic rings. The molecule has 2 amide bonds. The number of hydrogen-bond acceptors (Lipinski definition) is 4. The van der Waals surface area contributed by atoms with Gasteiger partial charge in [-0.05, 0) is 60.7 Å². The van der Waals surface area contributed by atoms with Crippen LogP contribution >= 0.6 is 0 Å². The molecule has 0 bridgehead atoms. The highest BCUT2D eigenvalue weighted by Gasteiger charge is 2.17. The van der Waals surface area contributed by atoms with E-state index in [2.05, 4.69) is 22.8 Å². The first-order valence-electron chi connectivity index (χ1n) is 9.31. The summed E-state index contributed by atoms with van der Waals surface area (Å²) in [5.74, 6) is 0.165. The Balaban J connectivity index is 1.55. The van der Waals surface area contributed by atoms with Gasteiger partial charge in [0.05, 0.1) is 25.5 Å². The molecule has 2 aromatic carbocycles. The van der Waals surface area contributed by atoms with E-state index in [0.29, 0.717) is 17.1 Å². The molecule has 6 heteroatoms. The lowest BCUT2D eigenvalue weighted by Crippen LogP contribution is -2.15. The summed E-state index contributed by atoms with van der Waals surface area (Å²) in [7, 11) is 1.53. The molecule has 0 aliphatic heterocycles. The zero-order valence-electron chi connectivity index (χ0n) is 15.9. The number of fused-ring (bicyclic) bond motifs is 2. The van der Waals surface area contributed by atoms with Gasteiger partial charge in [0, 0.05) is 23.6 Å². The van der Waals surface area contributed by atoms with Gasteiger partial charge in [-0.3, -0.25) is 9.59 Å². The lowest BCUT2D eigenvalue weighted by molar-refractivity contribution is -0.115. The molecular weight excluding hydrogens is 356 g/mol. The third kappa shape index (κ3) is 3.58. The second kappa shape index (κ2) is 7.38. The van der Waals surface area contributed by atoms with Crippen molar-refractivity contribution in [2.45, 2.75) is 32.6 Å². The van der Waals surface area contributed by atoms with Crippen LogP contribution in [0.15, 0.2) is 41.0 Å². The topological polar surface area (TPSA) is 80.6 Å². The predicted molar refractivity (Wildman–Crippen MR) is 108 cm³/mol. The second-order valence-corrected chi connectivity index (χ2v) is 7.05. The van der Waals surface area contributed by atoms with E-state index in [0.717, 1.165) is 29.4 Å². The van der Waals surface area contributed by atoms with Crippen LogP contribution in [0.25, 0.3) is 11.0 Å². The minimum atomic E-state index is -0.181. The highest BCUT2D eigenvalue weighted by molar-refractivity contribution is 5.98. The number of carbonyl (C=O) groups is 2. The number of carbonyl (C=O) groups excluding carboxylic acids is 2. The first-order valence-corrected chi connectivity index (χ1v) is 9.31. The van der Waals surface area contributed by atoms with Crippen molar-refractivity contribution < 1.29 is 18.7 Å². The van der Waals surface area contributed by atoms with E-state index in [4.69, 9.17) is 9.15 Å². The van der Waals surface area contributed by atoms with E-state index in [1.54, 1.807) is 24.5 Å². The first-order chi connectivity index (χ1) is 13.5. The second-order valence-electron chi connectivity index (χ2n) is 7.05. The van der Waals surface area contributed by atoms with Crippen LogP contribution in [-0.2, 0) is 28.9 Å². The number of hydrogen-bond donors (Lipinski definition) is 2. The Morgan fingerprint density at radius 2 is 1.89 bits per heavy atom. The molecule has 6 nitrogen and oxygen atoms in total. The average molecular weight is 378 g/mol. The number of methoxy groups -OCH3 is 1. The quantitative estimate of drug-likeness (QED) is 0.701. The Bertz CT molecular complexity index is 1070. The summed E-state index contributed by atoms with van der Waals surface area (Å²) in [6.45, 7) is 1.43. The maximum absolute atomic E-state index is 12.7. The lowest BCUT2D eigenvalue weighted by atomic mass is 10.0. The number of furan rings is 1. The molecule has 144 valence electrons. The fourth-order valence-electron chi connectivity index (χ4n) is 3.74. The van der Waals surface area contributed by atoms with Crippen molar-refractivity contribution >= 4 is 34.2 Å². The van der Waals surface area contributed by atoms with E-state index >= 15 is 0 Å². The van der Waals surface area contributed by atoms with Crippen molar-refractivity contribution in [1.82, 2.24) is 0 Å². The normalized spacial score (nSPS) is 12.6. The van der Waals surface area contributed by atoms with Gasteiger partial charge in [-0.25, -0.2) is 0 Å². The minimum absolute atomic E-state index is 0.179. The van der Waals surface area contributed by atoms with Gasteiger partial charge in [-0.2, -0.15) is 0 Å². The predicted octanol–water partition coefficient (Wildman–Crippen LogP) is 4.07. The zero-order valence-corrected chi connectivity index (χ0v) is 15.9. The van der Waals surface area contributed by atoms with Crippen molar-refractivity contribution in [3.05, 3.63) is 53.3 Å². The standard InChI is InChI=1S/C22H22N2O4/c1-13(25)23-17-6-7-20(27-2)19(11-17)24-22(26)10-16-12-28-21-9-15-5-3-4-14(15)8-18(16)21/h6-9,11-12H,3-5,10H2,1-2H3,(H,23,25)(H,24,26). The van der Waals surface area contributed by atoms with Gasteiger partial charge >= 0.3 is 0 Å². The van der Waals surface area contributed by atoms with E-state index in [-0.39, 0.29) is 18.2 Å². The summed E-state index contributed by atoms with van der Waals surface area (Å²) < 4.78 is 11.0. The molecule has 4 rings (SSSR count). The van der Waals surface area contributed by atoms with E-state index in [9.17, 15) is 9.59 Å². The van der Waals surface area contributed by atoms with Crippen LogP contribution in [0.5, 0.6) is 5.75 Å². The molecule has 0 atom stereocenters. The highest BCUT2D eigenvalue weighted by atomic mass is 16.5. The summed E-state index contributed by atoms with van der Waals surface area (Å²) in [6.07, 6.45) is 5.19. The van der Waals surface area contributed by atoms with E-state index in [1.807, 2.05) is 0 Å². The molecule has 1 aromatic heterocycles. The van der Waals surface area contributed by atoms with Crippen molar-refractivity contribution in [2.75, 3.05) is 17.7 Å². The van der Waals surface area contributed by atoms with Crippen LogP contribution < -0.4 is 15.4 Å². The van der Waals surface area contributed by atoms with Crippen molar-refractivity contribution in [2.24, 2.45) is 0 Å². The molecule has 1 aliphatic carbocycles. The first kappa shape index (κ1) is 18.1. The molecule has 0 spiro atoms. The minimum Gasteiger partial charge on any atom is -0.495 e. The molecule has 28 heavy (non-hydrogen) atoms. The number of benzene rings is 2. The van der Waals surface area contributed by atoms with Gasteiger partial charge in [0.25, 0.3) is 0 Å². The third-order valence-corrected chi connectivity index (χ3v) is 5.01. The Kier molecular flexibility index (Phi) is 4.77. The van der Waals surface area contributed by atoms with Gasteiger partial charge in [-0.1, -0.05) is 0 Å². The van der Waals surface area contributed by atoms with Crippen LogP contribution in [0, 0.1) is 0 Å². The summed E-state index contributed by atoms with van der Waals surface area (Å²) in [6, 6.07) is 9.36. The maximum atomic E-state index is 12.7. The SMILES string of the molecule is COc1ccc(NC(C)=O)cc1NC(=O)Cc1coc2cc3c(cc12)CCC3. The van der Waals surface area contributed by atoms with Gasteiger partial charge < -0.3 is 19.8 Å². The maximum Gasteiger partial charge on any atom is 0.229 e. The third-order valence-electron chi connectivity index (χ3n) is 5.01. The average Bonchev–Trinajstić information content (AvgIpc) is 3.26. The zero-order chi connectivity index (χ0) is 19.7. The summed E-state index contributed by atoms with van der Waals surface area (Å²) >= 11 is 0. The molecule has 0 unspecified atom stereocenters. The molecule has 0 radical (unpaired) electrons. The van der Waals surface area contributed by atoms with Gasteiger partial charge in [0.1, 0.15) is 11.3 Å². The molecule has 3 aromatic rings. The van der Waals surface area contributed by atoms with E-state index < -0.39 is 0 Å². The monoisotopic (exact) mass is 378 g/mol. The number of aryl methyl sites for hydroxylation is 2. The summed E-state index contributed by atoms with van der Waals surface area (Å²) in [5, 5.41) is 6.57. The fourth-order valence-corrected chi connectivity index (χ4v) is 3.74.